The van der Waals surface area contributed by atoms with Crippen molar-refractivity contribution in [3.63, 3.8) is 0 Å². The zero-order valence-corrected chi connectivity index (χ0v) is 16.9. The minimum Gasteiger partial charge on any atom is -0.504 e. The molecule has 0 saturated carbocycles. The number of benzene rings is 1. The van der Waals surface area contributed by atoms with Gasteiger partial charge in [-0.15, -0.1) is 0 Å². The Balaban J connectivity index is -0.000000000102. The van der Waals surface area contributed by atoms with Crippen LogP contribution in [0, 0.1) is 5.41 Å². The second kappa shape index (κ2) is 5.86. The molecule has 774 valence electrons. The third kappa shape index (κ3) is 1.98. The molecule has 5 N–H and O–H groups in total. The van der Waals surface area contributed by atoms with Crippen molar-refractivity contribution in [3.8, 4) is 11.5 Å². The summed E-state index contributed by atoms with van der Waals surface area (Å²) in [7, 11) is 2.93. The molecule has 1 saturated heterocycles. The van der Waals surface area contributed by atoms with Crippen LogP contribution in [0.4, 0.5) is 0 Å². The summed E-state index contributed by atoms with van der Waals surface area (Å²) in [5, 5.41) is 48.0. The van der Waals surface area contributed by atoms with Crippen molar-refractivity contribution < 1.29 is 472 Å². The van der Waals surface area contributed by atoms with Gasteiger partial charge in [-0.25, -0.2) is 0 Å². The molecule has 2 bridgehead atoms. The van der Waals surface area contributed by atoms with E-state index in [1.807, 2.05) is 13.8 Å². The molecule has 0 unspecified atom stereocenters. The quantitative estimate of drug-likeness (QED) is 0.201. The summed E-state index contributed by atoms with van der Waals surface area (Å²) in [5.41, 5.74) is -1.25. The largest absolute Gasteiger partial charge is 0.504 e. The van der Waals surface area contributed by atoms with E-state index in [1.54, 1.807) is 19.1 Å². The van der Waals surface area contributed by atoms with Gasteiger partial charge in [-0.05, 0) is 31.5 Å². The lowest BCUT2D eigenvalue weighted by atomic mass is 9.44. The monoisotopic (exact) mass is 1020 g/mol. The number of aromatic hydroxyl groups is 1. The average Bonchev–Trinajstić information content (AvgIpc) is 2.65. The molecule has 5 atom stereocenters. The Morgan fingerprint density at radius 2 is 1.82 bits per heavy atom. The molecule has 0 radical (unpaired) electrons. The highest BCUT2D eigenvalue weighted by atomic mass is 16.5. The van der Waals surface area contributed by atoms with E-state index in [0.717, 1.165) is 0 Å². The van der Waals surface area contributed by atoms with Crippen molar-refractivity contribution in [2.45, 2.75) is 56.5 Å². The Hall–Kier alpha value is -1.80. The average molecular weight is 1020 g/mol. The first kappa shape index (κ1) is 19.5. The molecule has 3 aliphatic rings. The molecule has 28 heavy (non-hydrogen) atoms. The first-order chi connectivity index (χ1) is 13.1. The van der Waals surface area contributed by atoms with Crippen LogP contribution in [-0.2, 0) is 15.8 Å². The van der Waals surface area contributed by atoms with Gasteiger partial charge in [-0.2, -0.15) is 0 Å². The molecule has 1 aromatic rings. The van der Waals surface area contributed by atoms with Crippen LogP contribution in [0.15, 0.2) is 23.5 Å². The molecular formula is C21H649NO6. The van der Waals surface area contributed by atoms with Crippen LogP contribution in [-0.4, -0.2) is 59.4 Å². The molecule has 0 amide bonds. The second-order valence-corrected chi connectivity index (χ2v) is 8.82. The Morgan fingerprint density at radius 1 is 1.14 bits per heavy atom. The molecule has 1 fully saturated rings. The summed E-state index contributed by atoms with van der Waals surface area (Å²) in [6.45, 7) is 6.04. The normalized spacial score (nSPS) is 38.5. The van der Waals surface area contributed by atoms with Crippen molar-refractivity contribution in [3.05, 3.63) is 34.6 Å². The maximum Gasteiger partial charge on any atom is 0.162 e. The maximum atomic E-state index is 11.5. The van der Waals surface area contributed by atoms with Gasteiger partial charge >= 0.3 is 0 Å². The number of aliphatic hydroxyl groups excluding tert-OH is 2. The third-order valence-corrected chi connectivity index (χ3v) is 7.38. The van der Waals surface area contributed by atoms with Crippen LogP contribution in [0.25, 0.3) is 0 Å². The summed E-state index contributed by atoms with van der Waals surface area (Å²) in [5.74, 6) is 0.498. The van der Waals surface area contributed by atoms with Gasteiger partial charge in [-0.3, -0.25) is 0 Å². The highest BCUT2D eigenvalue weighted by Crippen LogP contribution is 2.66. The van der Waals surface area contributed by atoms with E-state index >= 15 is 0 Å². The minimum absolute atomic E-state index is 0. The zero-order chi connectivity index (χ0) is 20.6. The summed E-state index contributed by atoms with van der Waals surface area (Å²) < 4.78 is 10.9. The number of rotatable bonds is 2. The number of hydrogen-bond donors (Lipinski definition) is 5. The molecule has 7 nitrogen and oxygen atoms in total. The number of aliphatic hydroxyl groups is 3. The molecule has 7 heteroatoms. The van der Waals surface area contributed by atoms with Crippen LogP contribution in [0.3, 0.4) is 0 Å². The van der Waals surface area contributed by atoms with Crippen LogP contribution in [0.5, 0.6) is 11.5 Å². The second-order valence-electron chi connectivity index (χ2n) is 8.82. The van der Waals surface area contributed by atoms with Gasteiger partial charge in [0, 0.05) is 464 Å². The van der Waals surface area contributed by atoms with Gasteiger partial charge in [0.05, 0.1) is 26.4 Å². The zero-order valence-electron chi connectivity index (χ0n) is 16.9. The van der Waals surface area contributed by atoms with E-state index in [4.69, 9.17) is 9.47 Å². The van der Waals surface area contributed by atoms with Crippen LogP contribution >= 0.6 is 0 Å². The number of methoxy groups -OCH3 is 2. The first-order valence-electron chi connectivity index (χ1n) is 9.58. The Morgan fingerprint density at radius 3 is 2.43 bits per heavy atom. The van der Waals surface area contributed by atoms with Gasteiger partial charge in [-0.1, -0.05) is 19.9 Å². The number of piperidine rings is 1. The van der Waals surface area contributed by atoms with Crippen molar-refractivity contribution in [1.29, 1.82) is 0 Å². The molecule has 0 aromatic heterocycles. The van der Waals surface area contributed by atoms with Gasteiger partial charge in [0.1, 0.15) is 17.5 Å². The topological polar surface area (TPSA) is 111 Å². The van der Waals surface area contributed by atoms with Crippen molar-refractivity contribution in [2.24, 2.45) is 5.41 Å². The fourth-order valence-electron chi connectivity index (χ4n) is 5.90. The Bertz CT molecular complexity index is 1000. The van der Waals surface area contributed by atoms with E-state index in [0.29, 0.717) is 35.4 Å². The van der Waals surface area contributed by atoms with E-state index in [-0.39, 0.29) is 454 Å². The van der Waals surface area contributed by atoms with Crippen molar-refractivity contribution in [2.75, 3.05) is 20.8 Å². The fraction of sp³-hybridized carbons (Fsp3) is 0.619. The lowest BCUT2D eigenvalue weighted by molar-refractivity contribution is -0.119. The summed E-state index contributed by atoms with van der Waals surface area (Å²) in [6.07, 6.45) is -1.78. The molecule has 1 heterocycles. The number of nitrogens with one attached hydrogen (secondary N) is 1. The molecule has 1 aliphatic heterocycles. The number of phenols is 1. The number of hydrogen-bond acceptors (Lipinski definition) is 7. The van der Waals surface area contributed by atoms with E-state index in [9.17, 15) is 20.4 Å². The predicted octanol–water partition coefficient (Wildman–Crippen LogP) is 77.1. The van der Waals surface area contributed by atoms with Crippen LogP contribution in [0.1, 0.15) is 481 Å². The minimum atomic E-state index is -1.36. The Labute approximate surface area is 624 Å². The summed E-state index contributed by atoms with van der Waals surface area (Å²) >= 11 is 0. The van der Waals surface area contributed by atoms with Gasteiger partial charge in [0.25, 0.3) is 0 Å². The number of ether oxygens (including phenoxy) is 2. The lowest BCUT2D eigenvalue weighted by Gasteiger charge is -2.64. The van der Waals surface area contributed by atoms with Gasteiger partial charge in [0.15, 0.2) is 11.5 Å². The van der Waals surface area contributed by atoms with Gasteiger partial charge < -0.3 is 35.2 Å². The summed E-state index contributed by atoms with van der Waals surface area (Å²) in [4.78, 5) is 0. The lowest BCUT2D eigenvalue weighted by Crippen LogP contribution is -2.70. The molecular weight excluding hydrogens is 362 g/mol. The van der Waals surface area contributed by atoms with Crippen LogP contribution in [0.2, 0.25) is 0 Å². The van der Waals surface area contributed by atoms with Crippen molar-refractivity contribution in [1.82, 2.24) is 5.32 Å². The molecule has 1 aromatic carbocycles. The molecule has 4 rings (SSSR count). The fourth-order valence-corrected chi connectivity index (χ4v) is 5.90. The van der Waals surface area contributed by atoms with E-state index in [1.165, 1.54) is 14.2 Å². The van der Waals surface area contributed by atoms with Crippen molar-refractivity contribution >= 4 is 0 Å². The maximum absolute atomic E-state index is 11.5. The van der Waals surface area contributed by atoms with E-state index in [2.05, 4.69) is 5.32 Å². The third-order valence-electron chi connectivity index (χ3n) is 7.38. The first-order valence-corrected chi connectivity index (χ1v) is 9.58. The summed E-state index contributed by atoms with van der Waals surface area (Å²) in [6, 6.07) is 2.88. The standard InChI is InChI=1S/C21H29NO6.310H2/c1-19(2)18(25)15(24)16(28-5)13-17-20(3,26)10-6-7-11(27-4)14(23)12(10)21(13,19)8-9-22-17;;;;;;;;;;;;;;;;;;;;;;;;;;;;;;;;;;;;;;;;;;;;;;;;;;;;;;;;;;;;;;;;;;;;;;;;;;;;;;;;;;;;;;;;;;;;;;;;;;;;;;;;;;;;;;;;;;;;;;;;;;;;;;;;;;;;;;;;;;;;;;;;;;;;;;;;;;;;;;;;;;;;;;;;;;;;;;;;;;;;;;;;;;;;;;;;;;;;;;;;;;;;;;;;;;;;;;;;;;;;;;;;;;;;;;;;;;;;;;;;;;;;;;;;;;;;;;;;;;;;;;;;;;;;;;;;;;;;;;;;;;;;;;;;;;;;;;;;;;;;;;;;;;;;;;/h6-7,15,17-18,22-26H,8-9H2,1-5H3;310*1H/t15-,17-,18-,20-,21+;;;;;;;;;;;;;;;;;;;;;;;;;;;;;;;;;;;;;;;;;;;;;;;;;;;;;;;;;;;;;;;;;;;;;;;;;;;;;;;;;;;;;;;;;;;;;;;;;;;;;;;;;;;;;;;;;;;;;;;;;;;;;;;;;;;;;;;;;;;;;;;;;;;;;;;;;;;;;;;;;;;;;;;;;;;;;;;;;;;;;;;;;;;;;;;;;;;;;;;;;;;;;;;;;;;;;;;;;;;;;;;;;;;;;;;;;;;;;;;;;;;;;;;;;;;;;;;;;;;;;;;;;;;;;;;;;;;;;;;;;;;;;;;;;;;;;;;;;;;;;;;;;;;;;;/m1....................................................................................................................................................................................................................................................................................................................../s1. The van der Waals surface area contributed by atoms with Crippen LogP contribution < -0.4 is 10.1 Å². The molecule has 2 aliphatic carbocycles. The number of fused-ring (bicyclic) bond motifs is 1. The number of phenolic OH excluding ortho intramolecular Hbond substituents is 1. The van der Waals surface area contributed by atoms with Gasteiger partial charge in [0.2, 0.25) is 0 Å². The highest BCUT2D eigenvalue weighted by Gasteiger charge is 2.68. The highest BCUT2D eigenvalue weighted by molar-refractivity contribution is 5.65. The Kier molecular flexibility index (Phi) is 4.08. The van der Waals surface area contributed by atoms with E-state index < -0.39 is 34.7 Å². The smallest absolute Gasteiger partial charge is 0.162 e. The molecule has 0 spiro atoms. The SMILES string of the molecule is COC1=C2[C@H]3NCC[C@@]2(c2c(ccc(OC)c2O)[C@@]3(C)O)C(C)(C)[C@H](O)[C@@H]1O.[HH].[HH].[HH].[HH].[HH].[HH].[HH].[HH].[HH].[HH].[HH].[HH].[HH].[HH].[HH].[HH].[HH].[HH].[HH].[HH].[HH].[HH].[HH].[HH].[HH].[HH].[HH].[HH].[HH].[HH].[HH].[HH].[HH].[HH].[HH].[HH].[HH].[HH].[HH].[HH].[HH].[HH].[HH].[HH].[HH].[HH].[HH].[HH].[HH].[HH].[HH].[HH].[HH].[HH].[HH].[HH].[HH].[HH].[HH].[HH].[HH].[HH].[HH].[HH].[HH].[HH].[HH].[HH].[HH].[HH].[HH].[HH].[HH].[HH].[HH].[HH].[HH].[HH].[HH].[HH].[HH].[HH].[HH].[HH].[HH].[HH].[HH].[HH].[HH].[HH].[HH].[HH].[HH].[HH].[HH].[HH].[HH].[HH].[HH].[HH].[HH].[HH].[HH].[HH].[HH].[HH].[HH].[HH].[HH].[HH].[HH].[HH].[HH].[HH].[HH].[HH].[HH].[HH].[HH].[HH].[HH].[HH].[HH].[HH].[HH].[HH].[HH].[HH].[HH].[HH].[HH].[HH].[HH].[HH].[HH].[HH].[HH].[HH].[HH].[HH].[HH].[HH].[HH].[HH].[HH].[HH].[HH].[HH].[HH].[HH].[HH].[HH].[HH].[HH].[HH].[HH].[HH].[HH].[HH].[HH].[HH].[HH].[HH].[HH].[HH].[HH].[HH].[HH].[HH].[HH].[HH].[HH].[HH].[HH].[HH].[HH].[HH].[HH].[HH].[HH].[HH].[HH].[HH].[HH].[HH].[HH].[HH].[HH].[HH].[HH].[HH].[HH].[HH].[HH].[HH].[HH].[HH].[HH].[HH].[HH].[HH].[HH].[HH].[HH].[HH].[HH].[HH].[HH].[HH].[HH].[HH].[HH].[HH].[HH].[HH].[HH].[HH].[HH].[HH].[HH].[HH].[HH].[HH].[HH].[HH].[HH].[HH].[HH].[HH].[HH].[HH].[HH].[HH].[HH].[HH].[HH].[HH].[HH].[HH].[HH].[HH].[HH].[HH].[HH].[HH].[HH].[HH].[HH].[HH].[HH].[HH].[HH].[HH].[HH].[HH].[HH].[HH].[HH].[HH].[HH].[HH].[HH].[HH].[HH].[HH].[HH].[HH].[HH].[HH].[HH].[HH].[HH].[HH].[HH].[HH].[HH].[HH].[HH].[HH].[HH].[HH].[HH].[HH].[HH].[HH].[HH].[HH].[HH].[HH].[HH].[HH].[HH].[HH].[HH].[HH].[HH].[HH].[HH].[HH].[HH].[HH].[HH].[HH].[HH].[HH].[HH].[HH].[HH].[HH].[HH]. The predicted molar refractivity (Wildman–Crippen MR) is 757 cm³/mol.